The molecule has 29 heavy (non-hydrogen) atoms. The van der Waals surface area contributed by atoms with E-state index in [1.54, 1.807) is 6.08 Å². The smallest absolute Gasteiger partial charge is 0.127 e. The van der Waals surface area contributed by atoms with Crippen LogP contribution in [-0.4, -0.2) is 52.7 Å². The maximum absolute atomic E-state index is 11.1. The number of aryl methyl sites for hydroxylation is 1. The first-order valence-electron chi connectivity index (χ1n) is 11.1. The van der Waals surface area contributed by atoms with Crippen molar-refractivity contribution >= 4 is 0 Å². The summed E-state index contributed by atoms with van der Waals surface area (Å²) in [4.78, 5) is 4.88. The summed E-state index contributed by atoms with van der Waals surface area (Å²) in [5.41, 5.74) is 4.03. The molecule has 4 heteroatoms. The third-order valence-electron chi connectivity index (χ3n) is 6.34. The van der Waals surface area contributed by atoms with Crippen LogP contribution in [0.15, 0.2) is 30.4 Å². The van der Waals surface area contributed by atoms with E-state index in [1.165, 1.54) is 5.57 Å². The molecule has 0 bridgehead atoms. The average Bonchev–Trinajstić information content (AvgIpc) is 2.69. The van der Waals surface area contributed by atoms with Crippen molar-refractivity contribution in [3.63, 3.8) is 0 Å². The maximum atomic E-state index is 11.1. The Morgan fingerprint density at radius 2 is 1.72 bits per heavy atom. The summed E-state index contributed by atoms with van der Waals surface area (Å²) < 4.78 is 0. The number of hydrogen-bond acceptors (Lipinski definition) is 4. The van der Waals surface area contributed by atoms with Gasteiger partial charge in [-0.3, -0.25) is 4.90 Å². The first-order valence-corrected chi connectivity index (χ1v) is 11.1. The van der Waals surface area contributed by atoms with E-state index in [2.05, 4.69) is 43.2 Å². The molecule has 2 aliphatic rings. The molecule has 0 aromatic heterocycles. The van der Waals surface area contributed by atoms with E-state index < -0.39 is 0 Å². The van der Waals surface area contributed by atoms with E-state index in [0.717, 1.165) is 68.8 Å². The molecule has 0 unspecified atom stereocenters. The molecule has 0 radical (unpaired) electrons. The lowest BCUT2D eigenvalue weighted by atomic mass is 9.77. The molecule has 1 aliphatic heterocycles. The molecule has 162 valence electrons. The van der Waals surface area contributed by atoms with Crippen LogP contribution in [0.1, 0.15) is 63.1 Å². The molecule has 0 saturated carbocycles. The Labute approximate surface area is 177 Å². The normalized spacial score (nSPS) is 23.1. The van der Waals surface area contributed by atoms with Gasteiger partial charge in [-0.1, -0.05) is 31.6 Å². The summed E-state index contributed by atoms with van der Waals surface area (Å²) in [6.07, 6.45) is 6.20. The highest BCUT2D eigenvalue weighted by atomic mass is 16.3. The molecule has 0 amide bonds. The van der Waals surface area contributed by atoms with E-state index in [1.807, 2.05) is 19.9 Å². The Bertz CT molecular complexity index is 718. The quantitative estimate of drug-likeness (QED) is 0.682. The number of allylic oxidation sites excluding steroid dienone is 3. The van der Waals surface area contributed by atoms with Gasteiger partial charge in [-0.25, -0.2) is 0 Å². The zero-order valence-corrected chi connectivity index (χ0v) is 19.0. The van der Waals surface area contributed by atoms with Crippen molar-refractivity contribution in [3.8, 4) is 11.5 Å². The summed E-state index contributed by atoms with van der Waals surface area (Å²) in [6.45, 7) is 19.9. The van der Waals surface area contributed by atoms with Gasteiger partial charge in [0.15, 0.2) is 0 Å². The number of phenolic OH excluding ortho intramolecular Hbond substituents is 2. The van der Waals surface area contributed by atoms with Crippen molar-refractivity contribution in [3.05, 3.63) is 47.1 Å². The van der Waals surface area contributed by atoms with Crippen molar-refractivity contribution in [2.75, 3.05) is 32.7 Å². The molecule has 2 N–H and O–H groups in total. The fourth-order valence-electron chi connectivity index (χ4n) is 4.41. The lowest BCUT2D eigenvalue weighted by Gasteiger charge is -2.35. The average molecular weight is 401 g/mol. The van der Waals surface area contributed by atoms with Crippen molar-refractivity contribution in [1.82, 2.24) is 9.80 Å². The molecule has 2 atom stereocenters. The Morgan fingerprint density at radius 1 is 1.14 bits per heavy atom. The highest BCUT2D eigenvalue weighted by molar-refractivity contribution is 5.56. The van der Waals surface area contributed by atoms with Crippen LogP contribution in [0.4, 0.5) is 0 Å². The molecule has 1 fully saturated rings. The minimum absolute atomic E-state index is 0.0973. The van der Waals surface area contributed by atoms with Crippen LogP contribution in [0, 0.1) is 12.8 Å². The van der Waals surface area contributed by atoms with Crippen LogP contribution in [0.25, 0.3) is 0 Å². The zero-order valence-electron chi connectivity index (χ0n) is 19.0. The van der Waals surface area contributed by atoms with Gasteiger partial charge in [0, 0.05) is 49.8 Å². The molecule has 0 spiro atoms. The number of benzene rings is 1. The van der Waals surface area contributed by atoms with Crippen molar-refractivity contribution < 1.29 is 10.2 Å². The minimum Gasteiger partial charge on any atom is -0.507 e. The van der Waals surface area contributed by atoms with Gasteiger partial charge in [-0.2, -0.15) is 0 Å². The number of phenols is 2. The van der Waals surface area contributed by atoms with Crippen molar-refractivity contribution in [2.24, 2.45) is 5.92 Å². The number of rotatable bonds is 4. The van der Waals surface area contributed by atoms with Gasteiger partial charge in [0.1, 0.15) is 11.5 Å². The van der Waals surface area contributed by atoms with Gasteiger partial charge in [0.05, 0.1) is 0 Å². The lowest BCUT2D eigenvalue weighted by Crippen LogP contribution is -2.45. The number of nitrogens with zero attached hydrogens (tertiary/aromatic N) is 2. The van der Waals surface area contributed by atoms with E-state index in [9.17, 15) is 10.2 Å². The molecular formula is C25H40N2O2. The van der Waals surface area contributed by atoms with Gasteiger partial charge in [0.25, 0.3) is 0 Å². The van der Waals surface area contributed by atoms with Crippen molar-refractivity contribution in [1.29, 1.82) is 0 Å². The number of piperazine rings is 1. The Kier molecular flexibility index (Phi) is 8.79. The fraction of sp³-hybridized carbons (Fsp3) is 0.600. The molecule has 1 aliphatic carbocycles. The zero-order chi connectivity index (χ0) is 21.6. The first kappa shape index (κ1) is 23.5. The molecule has 1 heterocycles. The summed E-state index contributed by atoms with van der Waals surface area (Å²) in [6, 6.07) is 1.84. The molecule has 3 rings (SSSR count). The molecule has 1 saturated heterocycles. The highest BCUT2D eigenvalue weighted by Crippen LogP contribution is 2.46. The summed E-state index contributed by atoms with van der Waals surface area (Å²) in [5.74, 6) is 1.07. The number of likely N-dealkylation sites (N-methyl/N-ethyl adjacent to an activating group) is 1. The van der Waals surface area contributed by atoms with Gasteiger partial charge < -0.3 is 15.1 Å². The summed E-state index contributed by atoms with van der Waals surface area (Å²) in [7, 11) is 0. The van der Waals surface area contributed by atoms with Gasteiger partial charge in [0.2, 0.25) is 0 Å². The van der Waals surface area contributed by atoms with Gasteiger partial charge in [-0.15, -0.1) is 6.58 Å². The molecule has 4 nitrogen and oxygen atoms in total. The van der Waals surface area contributed by atoms with Crippen LogP contribution in [-0.2, 0) is 6.54 Å². The predicted molar refractivity (Wildman–Crippen MR) is 123 cm³/mol. The van der Waals surface area contributed by atoms with E-state index in [4.69, 9.17) is 0 Å². The topological polar surface area (TPSA) is 46.9 Å². The van der Waals surface area contributed by atoms with Gasteiger partial charge >= 0.3 is 0 Å². The second-order valence-corrected chi connectivity index (χ2v) is 8.63. The Morgan fingerprint density at radius 3 is 2.31 bits per heavy atom. The molecule has 1 aromatic carbocycles. The van der Waals surface area contributed by atoms with Crippen LogP contribution >= 0.6 is 0 Å². The van der Waals surface area contributed by atoms with Gasteiger partial charge in [-0.05, 0) is 57.7 Å². The van der Waals surface area contributed by atoms with Crippen LogP contribution in [0.2, 0.25) is 0 Å². The Balaban J connectivity index is 0.000000941. The SMILES string of the molecule is C=CC.CCN1CCN(Cc2c(C)cc(O)c([C@@H]3C=C(C)CC[C@H]3C)c2O)CC1. The largest absolute Gasteiger partial charge is 0.507 e. The third kappa shape index (κ3) is 5.86. The maximum Gasteiger partial charge on any atom is 0.127 e. The fourth-order valence-corrected chi connectivity index (χ4v) is 4.41. The second kappa shape index (κ2) is 10.8. The minimum atomic E-state index is 0.0973. The summed E-state index contributed by atoms with van der Waals surface area (Å²) in [5, 5.41) is 21.7. The predicted octanol–water partition coefficient (Wildman–Crippen LogP) is 5.20. The van der Waals surface area contributed by atoms with E-state index in [0.29, 0.717) is 11.7 Å². The lowest BCUT2D eigenvalue weighted by molar-refractivity contribution is 0.131. The Hall–Kier alpha value is -1.78. The monoisotopic (exact) mass is 400 g/mol. The highest BCUT2D eigenvalue weighted by Gasteiger charge is 2.29. The number of hydrogen-bond donors (Lipinski definition) is 2. The van der Waals surface area contributed by atoms with Crippen LogP contribution in [0.3, 0.4) is 0 Å². The standard InChI is InChI=1S/C22H34N2O2.C3H6/c1-5-23-8-10-24(11-9-23)14-19-17(4)13-20(25)21(22(19)26)18-12-15(2)6-7-16(18)3;1-3-2/h12-13,16,18,25-26H,5-11,14H2,1-4H3;3H,1H2,2H3/t16-,18-;/m1./s1. The number of aromatic hydroxyl groups is 2. The second-order valence-electron chi connectivity index (χ2n) is 8.63. The third-order valence-corrected chi connectivity index (χ3v) is 6.34. The van der Waals surface area contributed by atoms with E-state index >= 15 is 0 Å². The van der Waals surface area contributed by atoms with Crippen LogP contribution < -0.4 is 0 Å². The van der Waals surface area contributed by atoms with Crippen LogP contribution in [0.5, 0.6) is 11.5 Å². The van der Waals surface area contributed by atoms with Crippen molar-refractivity contribution in [2.45, 2.75) is 59.9 Å². The van der Waals surface area contributed by atoms with E-state index in [-0.39, 0.29) is 11.7 Å². The molecule has 1 aromatic rings. The first-order chi connectivity index (χ1) is 13.8. The molecular weight excluding hydrogens is 360 g/mol. The summed E-state index contributed by atoms with van der Waals surface area (Å²) >= 11 is 0.